The Bertz CT molecular complexity index is 756. The van der Waals surface area contributed by atoms with E-state index in [9.17, 15) is 9.90 Å². The van der Waals surface area contributed by atoms with Gasteiger partial charge in [-0.25, -0.2) is 0 Å². The Balaban J connectivity index is 1.30. The van der Waals surface area contributed by atoms with Crippen molar-refractivity contribution in [3.05, 3.63) is 0 Å². The molecule has 0 bridgehead atoms. The van der Waals surface area contributed by atoms with Crippen molar-refractivity contribution in [2.24, 2.45) is 52.3 Å². The molecule has 1 spiro atoms. The SMILES string of the molecule is C[C@@H]1CC[C@@]2(OC1)O[C@@H]1C[C@@H]3[C@@H]4CC[C@H]5C[C@H](O)CC[C@]5(C)[C@@H]4CC(=O)[C@@]3(C)[C@H]1[C@@H]2C. The Morgan fingerprint density at radius 1 is 1.00 bits per heavy atom. The first kappa shape index (κ1) is 21.1. The van der Waals surface area contributed by atoms with E-state index in [0.717, 1.165) is 51.6 Å². The number of hydrogen-bond acceptors (Lipinski definition) is 4. The second-order valence-corrected chi connectivity index (χ2v) is 13.0. The molecule has 174 valence electrons. The molecule has 6 rings (SSSR count). The Morgan fingerprint density at radius 2 is 1.81 bits per heavy atom. The van der Waals surface area contributed by atoms with Crippen LogP contribution in [0.1, 0.15) is 85.5 Å². The molecule has 12 atom stereocenters. The summed E-state index contributed by atoms with van der Waals surface area (Å²) >= 11 is 0. The van der Waals surface area contributed by atoms with Gasteiger partial charge in [-0.2, -0.15) is 0 Å². The van der Waals surface area contributed by atoms with Crippen molar-refractivity contribution in [1.29, 1.82) is 0 Å². The van der Waals surface area contributed by atoms with Crippen molar-refractivity contribution in [2.45, 2.75) is 103 Å². The van der Waals surface area contributed by atoms with E-state index < -0.39 is 5.79 Å². The zero-order valence-electron chi connectivity index (χ0n) is 19.9. The normalized spacial score (nSPS) is 60.9. The second kappa shape index (κ2) is 6.79. The zero-order chi connectivity index (χ0) is 21.8. The van der Waals surface area contributed by atoms with Gasteiger partial charge in [0.15, 0.2) is 5.79 Å². The van der Waals surface area contributed by atoms with Crippen LogP contribution in [0.25, 0.3) is 0 Å². The number of carbonyl (C=O) groups excluding carboxylic acids is 1. The third-order valence-corrected chi connectivity index (χ3v) is 11.8. The summed E-state index contributed by atoms with van der Waals surface area (Å²) in [6.07, 6.45) is 9.39. The van der Waals surface area contributed by atoms with Gasteiger partial charge in [0, 0.05) is 30.1 Å². The third kappa shape index (κ3) is 2.68. The maximum atomic E-state index is 14.0. The average molecular weight is 431 g/mol. The fourth-order valence-electron chi connectivity index (χ4n) is 9.93. The number of Topliss-reactive ketones (excluding diaryl/α,β-unsaturated/α-hetero) is 1. The number of aliphatic hydroxyl groups is 1. The van der Waals surface area contributed by atoms with Gasteiger partial charge in [0.2, 0.25) is 0 Å². The van der Waals surface area contributed by atoms with Crippen molar-refractivity contribution >= 4 is 5.78 Å². The lowest BCUT2D eigenvalue weighted by Crippen LogP contribution is -2.58. The van der Waals surface area contributed by atoms with E-state index >= 15 is 0 Å². The number of ether oxygens (including phenoxy) is 2. The topological polar surface area (TPSA) is 55.8 Å². The summed E-state index contributed by atoms with van der Waals surface area (Å²) < 4.78 is 13.2. The van der Waals surface area contributed by atoms with E-state index in [4.69, 9.17) is 9.47 Å². The van der Waals surface area contributed by atoms with Crippen LogP contribution in [0.5, 0.6) is 0 Å². The summed E-state index contributed by atoms with van der Waals surface area (Å²) in [5, 5.41) is 10.3. The van der Waals surface area contributed by atoms with E-state index in [1.165, 1.54) is 12.8 Å². The molecule has 4 heteroatoms. The monoisotopic (exact) mass is 430 g/mol. The first-order valence-corrected chi connectivity index (χ1v) is 13.2. The molecule has 4 aliphatic carbocycles. The van der Waals surface area contributed by atoms with Crippen molar-refractivity contribution in [2.75, 3.05) is 6.61 Å². The van der Waals surface area contributed by atoms with Gasteiger partial charge in [0.05, 0.1) is 18.8 Å². The highest BCUT2D eigenvalue weighted by Crippen LogP contribution is 2.70. The number of hydrogen-bond donors (Lipinski definition) is 1. The number of fused-ring (bicyclic) bond motifs is 7. The van der Waals surface area contributed by atoms with Gasteiger partial charge >= 0.3 is 0 Å². The number of rotatable bonds is 0. The smallest absolute Gasteiger partial charge is 0.171 e. The zero-order valence-corrected chi connectivity index (χ0v) is 19.9. The summed E-state index contributed by atoms with van der Waals surface area (Å²) in [6, 6.07) is 0. The summed E-state index contributed by atoms with van der Waals surface area (Å²) in [4.78, 5) is 14.0. The quantitative estimate of drug-likeness (QED) is 0.589. The lowest BCUT2D eigenvalue weighted by atomic mass is 9.44. The highest BCUT2D eigenvalue weighted by atomic mass is 16.7. The molecule has 0 aromatic carbocycles. The average Bonchev–Trinajstić information content (AvgIpc) is 3.18. The van der Waals surface area contributed by atoms with Gasteiger partial charge in [-0.1, -0.05) is 27.7 Å². The van der Waals surface area contributed by atoms with Crippen LogP contribution in [-0.2, 0) is 14.3 Å². The Hall–Kier alpha value is -0.450. The van der Waals surface area contributed by atoms with E-state index in [0.29, 0.717) is 41.3 Å². The molecule has 1 N–H and O–H groups in total. The molecule has 0 aromatic heterocycles. The van der Waals surface area contributed by atoms with Crippen LogP contribution in [0, 0.1) is 52.3 Å². The highest BCUT2D eigenvalue weighted by Gasteiger charge is 2.71. The summed E-state index contributed by atoms with van der Waals surface area (Å²) in [7, 11) is 0. The number of carbonyl (C=O) groups is 1. The van der Waals surface area contributed by atoms with E-state index in [-0.39, 0.29) is 29.0 Å². The first-order chi connectivity index (χ1) is 14.7. The van der Waals surface area contributed by atoms with E-state index in [1.807, 2.05) is 0 Å². The van der Waals surface area contributed by atoms with Crippen LogP contribution >= 0.6 is 0 Å². The predicted molar refractivity (Wildman–Crippen MR) is 118 cm³/mol. The van der Waals surface area contributed by atoms with Gasteiger partial charge in [-0.15, -0.1) is 0 Å². The standard InChI is InChI=1S/C27H42O4/c1-15-7-10-27(30-14-15)16(2)24-22(31-27)12-21-19-6-5-17-11-18(28)8-9-25(17,3)20(19)13-23(29)26(21,24)4/h15-22,24,28H,5-14H2,1-4H3/t15-,16+,17+,18-,19-,20-,21-,22-,24+,25+,26+,27-/m1/s1. The fourth-order valence-corrected chi connectivity index (χ4v) is 9.93. The summed E-state index contributed by atoms with van der Waals surface area (Å²) in [6.45, 7) is 10.1. The minimum Gasteiger partial charge on any atom is -0.393 e. The van der Waals surface area contributed by atoms with Crippen LogP contribution in [0.3, 0.4) is 0 Å². The van der Waals surface area contributed by atoms with Crippen molar-refractivity contribution < 1.29 is 19.4 Å². The molecule has 2 aliphatic heterocycles. The first-order valence-electron chi connectivity index (χ1n) is 13.2. The lowest BCUT2D eigenvalue weighted by Gasteiger charge is -2.60. The van der Waals surface area contributed by atoms with Crippen molar-refractivity contribution in [1.82, 2.24) is 0 Å². The number of ketones is 1. The van der Waals surface area contributed by atoms with Crippen LogP contribution in [0.2, 0.25) is 0 Å². The minimum absolute atomic E-state index is 0.131. The van der Waals surface area contributed by atoms with Gasteiger partial charge in [-0.3, -0.25) is 4.79 Å². The second-order valence-electron chi connectivity index (χ2n) is 13.0. The van der Waals surface area contributed by atoms with Gasteiger partial charge < -0.3 is 14.6 Å². The maximum absolute atomic E-state index is 14.0. The molecule has 0 unspecified atom stereocenters. The molecule has 2 saturated heterocycles. The van der Waals surface area contributed by atoms with Crippen LogP contribution in [0.15, 0.2) is 0 Å². The molecule has 0 radical (unpaired) electrons. The summed E-state index contributed by atoms with van der Waals surface area (Å²) in [5.74, 6) is 3.45. The molecular weight excluding hydrogens is 388 g/mol. The summed E-state index contributed by atoms with van der Waals surface area (Å²) in [5.41, 5.74) is -0.0221. The molecule has 2 heterocycles. The highest BCUT2D eigenvalue weighted by molar-refractivity contribution is 5.87. The van der Waals surface area contributed by atoms with E-state index in [1.54, 1.807) is 0 Å². The Kier molecular flexibility index (Phi) is 4.62. The molecular formula is C27H42O4. The molecule has 6 fully saturated rings. The molecule has 31 heavy (non-hydrogen) atoms. The Morgan fingerprint density at radius 3 is 2.55 bits per heavy atom. The lowest BCUT2D eigenvalue weighted by molar-refractivity contribution is -0.272. The van der Waals surface area contributed by atoms with Crippen molar-refractivity contribution in [3.8, 4) is 0 Å². The molecule has 0 amide bonds. The molecule has 0 aromatic rings. The van der Waals surface area contributed by atoms with Crippen LogP contribution in [-0.4, -0.2) is 35.5 Å². The number of aliphatic hydroxyl groups excluding tert-OH is 1. The van der Waals surface area contributed by atoms with Crippen LogP contribution in [0.4, 0.5) is 0 Å². The van der Waals surface area contributed by atoms with Gasteiger partial charge in [0.25, 0.3) is 0 Å². The van der Waals surface area contributed by atoms with Crippen molar-refractivity contribution in [3.63, 3.8) is 0 Å². The van der Waals surface area contributed by atoms with Gasteiger partial charge in [0.1, 0.15) is 5.78 Å². The molecule has 6 aliphatic rings. The Labute approximate surface area is 187 Å². The third-order valence-electron chi connectivity index (χ3n) is 11.8. The molecule has 4 saturated carbocycles. The molecule has 4 nitrogen and oxygen atoms in total. The maximum Gasteiger partial charge on any atom is 0.171 e. The minimum atomic E-state index is -0.448. The van der Waals surface area contributed by atoms with Gasteiger partial charge in [-0.05, 0) is 80.0 Å². The van der Waals surface area contributed by atoms with E-state index in [2.05, 4.69) is 27.7 Å². The fraction of sp³-hybridized carbons (Fsp3) is 0.963. The van der Waals surface area contributed by atoms with Crippen LogP contribution < -0.4 is 0 Å². The predicted octanol–water partition coefficient (Wildman–Crippen LogP) is 4.97. The largest absolute Gasteiger partial charge is 0.393 e.